The Morgan fingerprint density at radius 2 is 0.732 bits per heavy atom. The van der Waals surface area contributed by atoms with Crippen molar-refractivity contribution in [2.45, 2.75) is 104 Å². The average Bonchev–Trinajstić information content (AvgIpc) is 2.89. The summed E-state index contributed by atoms with van der Waals surface area (Å²) in [5.41, 5.74) is 1.14. The maximum Gasteiger partial charge on any atom is 0.108 e. The van der Waals surface area contributed by atoms with Crippen molar-refractivity contribution >= 4 is 31.8 Å². The molecule has 4 nitrogen and oxygen atoms in total. The summed E-state index contributed by atoms with van der Waals surface area (Å²) in [6, 6.07) is 30.6. The van der Waals surface area contributed by atoms with Gasteiger partial charge in [0.2, 0.25) is 0 Å². The quantitative estimate of drug-likeness (QED) is 0.131. The highest BCUT2D eigenvalue weighted by molar-refractivity contribution is 6.19. The van der Waals surface area contributed by atoms with Gasteiger partial charge >= 0.3 is 0 Å². The Morgan fingerprint density at radius 3 is 1.07 bits per heavy atom. The standard InChI is InChI=1S/C28H32O2Si.C8H18O2/c1-26(2,3)29-30-27(4,5)28(31,24-16-14-20-10-6-8-12-22(20)18-24)25-17-15-21-11-7-9-13-23(21)19-25;1-7(2,3)9-10-8(4,5)6/h6-19H,1-5,31H3;1-6H3. The summed E-state index contributed by atoms with van der Waals surface area (Å²) in [5.74, 6) is 0. The second-order valence-corrected chi connectivity index (χ2v) is 15.9. The maximum absolute atomic E-state index is 6.23. The zero-order valence-corrected chi connectivity index (χ0v) is 29.2. The molecule has 41 heavy (non-hydrogen) atoms. The van der Waals surface area contributed by atoms with Gasteiger partial charge in [-0.05, 0) is 109 Å². The minimum Gasteiger partial charge on any atom is -0.230 e. The molecule has 0 bridgehead atoms. The molecule has 4 aromatic rings. The van der Waals surface area contributed by atoms with E-state index in [1.165, 1.54) is 32.7 Å². The summed E-state index contributed by atoms with van der Waals surface area (Å²) in [5, 5.41) is 4.67. The van der Waals surface area contributed by atoms with Gasteiger partial charge in [0.05, 0.1) is 16.8 Å². The van der Waals surface area contributed by atoms with Crippen LogP contribution in [-0.2, 0) is 24.6 Å². The van der Waals surface area contributed by atoms with Crippen LogP contribution in [0.3, 0.4) is 0 Å². The van der Waals surface area contributed by atoms with Gasteiger partial charge in [0.1, 0.15) is 5.60 Å². The highest BCUT2D eigenvalue weighted by atomic mass is 28.1. The molecule has 0 N–H and O–H groups in total. The molecular weight excluding hydrogens is 524 g/mol. The van der Waals surface area contributed by atoms with Gasteiger partial charge in [-0.15, -0.1) is 0 Å². The molecule has 0 radical (unpaired) electrons. The van der Waals surface area contributed by atoms with Gasteiger partial charge in [-0.1, -0.05) is 84.9 Å². The van der Waals surface area contributed by atoms with Crippen LogP contribution in [-0.4, -0.2) is 32.6 Å². The maximum atomic E-state index is 6.23. The van der Waals surface area contributed by atoms with E-state index < -0.39 is 5.60 Å². The Hall–Kier alpha value is -2.54. The van der Waals surface area contributed by atoms with Crippen LogP contribution in [0.25, 0.3) is 21.5 Å². The van der Waals surface area contributed by atoms with Crippen LogP contribution in [0.4, 0.5) is 0 Å². The smallest absolute Gasteiger partial charge is 0.108 e. The lowest BCUT2D eigenvalue weighted by Gasteiger charge is -2.45. The summed E-state index contributed by atoms with van der Waals surface area (Å²) in [4.78, 5) is 22.3. The fourth-order valence-corrected chi connectivity index (χ4v) is 5.13. The summed E-state index contributed by atoms with van der Waals surface area (Å²) >= 11 is 0. The molecule has 0 aliphatic carbocycles. The fourth-order valence-electron chi connectivity index (χ4n) is 4.43. The first-order chi connectivity index (χ1) is 18.8. The zero-order chi connectivity index (χ0) is 30.7. The lowest BCUT2D eigenvalue weighted by atomic mass is 9.77. The molecule has 0 heterocycles. The van der Waals surface area contributed by atoms with Crippen molar-refractivity contribution in [2.75, 3.05) is 0 Å². The molecule has 0 spiro atoms. The second kappa shape index (κ2) is 12.4. The predicted molar refractivity (Wildman–Crippen MR) is 176 cm³/mol. The van der Waals surface area contributed by atoms with Crippen molar-refractivity contribution < 1.29 is 19.6 Å². The molecule has 0 amide bonds. The highest BCUT2D eigenvalue weighted by Gasteiger charge is 2.47. The van der Waals surface area contributed by atoms with E-state index in [0.717, 1.165) is 10.2 Å². The van der Waals surface area contributed by atoms with Gasteiger partial charge in [0.15, 0.2) is 0 Å². The second-order valence-electron chi connectivity index (χ2n) is 14.4. The molecule has 0 aliphatic rings. The largest absolute Gasteiger partial charge is 0.230 e. The van der Waals surface area contributed by atoms with Gasteiger partial charge in [-0.25, -0.2) is 19.6 Å². The number of hydrogen-bond donors (Lipinski definition) is 0. The molecule has 4 aromatic carbocycles. The molecule has 5 heteroatoms. The molecule has 222 valence electrons. The fraction of sp³-hybridized carbons (Fsp3) is 0.444. The summed E-state index contributed by atoms with van der Waals surface area (Å²) < 4.78 is 0. The minimum absolute atomic E-state index is 0.215. The van der Waals surface area contributed by atoms with E-state index in [-0.39, 0.29) is 21.8 Å². The number of fused-ring (bicyclic) bond motifs is 2. The van der Waals surface area contributed by atoms with Crippen LogP contribution in [0.15, 0.2) is 84.9 Å². The Kier molecular flexibility index (Phi) is 9.94. The topological polar surface area (TPSA) is 36.9 Å². The monoisotopic (exact) mass is 574 g/mol. The Morgan fingerprint density at radius 1 is 0.415 bits per heavy atom. The molecular formula is C36H50O4Si. The van der Waals surface area contributed by atoms with Crippen molar-refractivity contribution in [3.8, 4) is 0 Å². The van der Waals surface area contributed by atoms with E-state index in [1.54, 1.807) is 0 Å². The summed E-state index contributed by atoms with van der Waals surface area (Å²) in [6.45, 7) is 22.1. The summed E-state index contributed by atoms with van der Waals surface area (Å²) in [7, 11) is 0.849. The highest BCUT2D eigenvalue weighted by Crippen LogP contribution is 2.43. The molecule has 0 atom stereocenters. The minimum atomic E-state index is -0.572. The van der Waals surface area contributed by atoms with Crippen LogP contribution >= 0.6 is 0 Å². The van der Waals surface area contributed by atoms with Crippen molar-refractivity contribution in [2.24, 2.45) is 0 Å². The lowest BCUT2D eigenvalue weighted by molar-refractivity contribution is -0.402. The van der Waals surface area contributed by atoms with Crippen LogP contribution in [0.5, 0.6) is 0 Å². The van der Waals surface area contributed by atoms with Gasteiger partial charge in [0.25, 0.3) is 0 Å². The van der Waals surface area contributed by atoms with Gasteiger partial charge in [-0.3, -0.25) is 0 Å². The summed E-state index contributed by atoms with van der Waals surface area (Å²) in [6.07, 6.45) is 0. The molecule has 0 unspecified atom stereocenters. The van der Waals surface area contributed by atoms with E-state index in [1.807, 2.05) is 62.3 Å². The van der Waals surface area contributed by atoms with Crippen molar-refractivity contribution in [1.29, 1.82) is 0 Å². The van der Waals surface area contributed by atoms with E-state index in [0.29, 0.717) is 0 Å². The van der Waals surface area contributed by atoms with Crippen LogP contribution in [0.1, 0.15) is 87.3 Å². The van der Waals surface area contributed by atoms with E-state index in [4.69, 9.17) is 19.6 Å². The third kappa shape index (κ3) is 8.97. The van der Waals surface area contributed by atoms with Gasteiger partial charge in [0, 0.05) is 15.3 Å². The first-order valence-corrected chi connectivity index (χ1v) is 15.5. The van der Waals surface area contributed by atoms with Gasteiger partial charge < -0.3 is 0 Å². The Balaban J connectivity index is 0.000000397. The normalized spacial score (nSPS) is 13.3. The van der Waals surface area contributed by atoms with Crippen molar-refractivity contribution in [3.05, 3.63) is 96.1 Å². The number of hydrogen-bond acceptors (Lipinski definition) is 4. The number of rotatable bonds is 6. The van der Waals surface area contributed by atoms with Crippen molar-refractivity contribution in [1.82, 2.24) is 0 Å². The molecule has 0 saturated carbocycles. The lowest BCUT2D eigenvalue weighted by Crippen LogP contribution is -2.51. The van der Waals surface area contributed by atoms with Crippen LogP contribution in [0, 0.1) is 0 Å². The van der Waals surface area contributed by atoms with Crippen LogP contribution in [0.2, 0.25) is 0 Å². The van der Waals surface area contributed by atoms with E-state index >= 15 is 0 Å². The molecule has 0 aliphatic heterocycles. The third-order valence-corrected chi connectivity index (χ3v) is 9.26. The van der Waals surface area contributed by atoms with E-state index in [9.17, 15) is 0 Å². The average molecular weight is 575 g/mol. The molecule has 0 aromatic heterocycles. The Bertz CT molecular complexity index is 1340. The predicted octanol–water partition coefficient (Wildman–Crippen LogP) is 8.66. The van der Waals surface area contributed by atoms with Crippen LogP contribution < -0.4 is 0 Å². The first-order valence-electron chi connectivity index (χ1n) is 14.5. The first kappa shape index (κ1) is 33.0. The molecule has 4 rings (SSSR count). The number of benzene rings is 4. The zero-order valence-electron chi connectivity index (χ0n) is 27.2. The molecule has 0 fully saturated rings. The molecule has 0 saturated heterocycles. The third-order valence-electron chi connectivity index (χ3n) is 6.90. The van der Waals surface area contributed by atoms with Gasteiger partial charge in [-0.2, -0.15) is 0 Å². The van der Waals surface area contributed by atoms with E-state index in [2.05, 4.69) is 98.8 Å². The Labute approximate surface area is 250 Å². The van der Waals surface area contributed by atoms with Crippen molar-refractivity contribution in [3.63, 3.8) is 0 Å². The SMILES string of the molecule is CC(C)(C)OOC(C)(C)C.CC(C)(C)OOC(C)(C)C([SiH3])(c1ccc2ccccc2c1)c1ccc2ccccc2c1.